The fourth-order valence-corrected chi connectivity index (χ4v) is 3.71. The van der Waals surface area contributed by atoms with Crippen LogP contribution in [0, 0.1) is 0 Å². The second-order valence-electron chi connectivity index (χ2n) is 6.09. The molecule has 1 saturated heterocycles. The lowest BCUT2D eigenvalue weighted by atomic mass is 10.1. The van der Waals surface area contributed by atoms with Crippen LogP contribution in [-0.4, -0.2) is 33.5 Å². The minimum Gasteiger partial charge on any atom is -0.497 e. The summed E-state index contributed by atoms with van der Waals surface area (Å²) >= 11 is 1.03. The van der Waals surface area contributed by atoms with E-state index in [1.54, 1.807) is 7.11 Å². The molecule has 2 amide bonds. The maximum absolute atomic E-state index is 11.6. The van der Waals surface area contributed by atoms with Gasteiger partial charge in [-0.3, -0.25) is 14.9 Å². The van der Waals surface area contributed by atoms with Crippen molar-refractivity contribution >= 4 is 33.9 Å². The topological polar surface area (TPSA) is 93.3 Å². The van der Waals surface area contributed by atoms with Gasteiger partial charge in [0.1, 0.15) is 23.9 Å². The molecule has 1 aliphatic heterocycles. The molecule has 0 bridgehead atoms. The first-order valence-electron chi connectivity index (χ1n) is 8.36. The standard InChI is InChI=1S/C19H17N3O4S/c1-25-13-6-7-14-15(9-13)21-17(20-14)10-26-12-4-2-11(3-5-12)8-16-18(23)22-19(24)27-16/h2-7,9,16H,8,10H2,1H3,(H,20,21)(H,22,23,24). The number of hydrogen-bond acceptors (Lipinski definition) is 6. The van der Waals surface area contributed by atoms with E-state index in [0.717, 1.165) is 39.9 Å². The lowest BCUT2D eigenvalue weighted by Gasteiger charge is -2.07. The average molecular weight is 383 g/mol. The summed E-state index contributed by atoms with van der Waals surface area (Å²) in [6, 6.07) is 13.2. The number of amides is 2. The van der Waals surface area contributed by atoms with Gasteiger partial charge in [-0.2, -0.15) is 0 Å². The Labute approximate surface area is 159 Å². The van der Waals surface area contributed by atoms with Crippen molar-refractivity contribution in [2.24, 2.45) is 0 Å². The lowest BCUT2D eigenvalue weighted by Crippen LogP contribution is -2.25. The van der Waals surface area contributed by atoms with Gasteiger partial charge in [-0.05, 0) is 36.2 Å². The van der Waals surface area contributed by atoms with Crippen molar-refractivity contribution in [2.75, 3.05) is 7.11 Å². The highest BCUT2D eigenvalue weighted by Gasteiger charge is 2.31. The van der Waals surface area contributed by atoms with Gasteiger partial charge in [-0.25, -0.2) is 4.98 Å². The molecule has 2 N–H and O–H groups in total. The highest BCUT2D eigenvalue weighted by atomic mass is 32.2. The number of rotatable bonds is 6. The number of H-pyrrole nitrogens is 1. The van der Waals surface area contributed by atoms with Gasteiger partial charge in [-0.15, -0.1) is 0 Å². The van der Waals surface area contributed by atoms with Crippen molar-refractivity contribution < 1.29 is 19.1 Å². The Bertz CT molecular complexity index is 1000. The number of aromatic amines is 1. The van der Waals surface area contributed by atoms with Gasteiger partial charge >= 0.3 is 0 Å². The van der Waals surface area contributed by atoms with E-state index < -0.39 is 0 Å². The molecule has 8 heteroatoms. The Morgan fingerprint density at radius 1 is 1.11 bits per heavy atom. The van der Waals surface area contributed by atoms with Gasteiger partial charge in [0.05, 0.1) is 23.4 Å². The molecule has 1 aliphatic rings. The summed E-state index contributed by atoms with van der Waals surface area (Å²) in [7, 11) is 1.62. The van der Waals surface area contributed by atoms with Crippen LogP contribution in [0.4, 0.5) is 4.79 Å². The van der Waals surface area contributed by atoms with Crippen molar-refractivity contribution in [1.82, 2.24) is 15.3 Å². The molecule has 0 spiro atoms. The van der Waals surface area contributed by atoms with Crippen LogP contribution in [0.1, 0.15) is 11.4 Å². The summed E-state index contributed by atoms with van der Waals surface area (Å²) in [5, 5.41) is 1.65. The SMILES string of the molecule is COc1ccc2[nH]c(COc3ccc(CC4SC(=O)NC4=O)cc3)nc2c1. The maximum atomic E-state index is 11.6. The number of nitrogens with one attached hydrogen (secondary N) is 2. The fourth-order valence-electron chi connectivity index (χ4n) is 2.85. The Hall–Kier alpha value is -3.00. The minimum absolute atomic E-state index is 0.230. The zero-order valence-electron chi connectivity index (χ0n) is 14.5. The van der Waals surface area contributed by atoms with E-state index in [0.29, 0.717) is 18.8 Å². The van der Waals surface area contributed by atoms with Crippen LogP contribution < -0.4 is 14.8 Å². The zero-order chi connectivity index (χ0) is 18.8. The Morgan fingerprint density at radius 2 is 1.89 bits per heavy atom. The van der Waals surface area contributed by atoms with Gasteiger partial charge in [0.15, 0.2) is 0 Å². The first-order valence-corrected chi connectivity index (χ1v) is 9.24. The molecule has 1 atom stereocenters. The summed E-state index contributed by atoms with van der Waals surface area (Å²) in [6.45, 7) is 0.311. The maximum Gasteiger partial charge on any atom is 0.286 e. The lowest BCUT2D eigenvalue weighted by molar-refractivity contribution is -0.118. The van der Waals surface area contributed by atoms with Crippen molar-refractivity contribution in [3.8, 4) is 11.5 Å². The number of methoxy groups -OCH3 is 1. The number of carbonyl (C=O) groups is 2. The van der Waals surface area contributed by atoms with E-state index in [4.69, 9.17) is 9.47 Å². The van der Waals surface area contributed by atoms with Crippen molar-refractivity contribution in [1.29, 1.82) is 0 Å². The van der Waals surface area contributed by atoms with Crippen LogP contribution in [0.15, 0.2) is 42.5 Å². The number of imide groups is 1. The van der Waals surface area contributed by atoms with E-state index in [-0.39, 0.29) is 16.4 Å². The summed E-state index contributed by atoms with van der Waals surface area (Å²) in [5.74, 6) is 1.95. The van der Waals surface area contributed by atoms with Crippen LogP contribution in [0.2, 0.25) is 0 Å². The van der Waals surface area contributed by atoms with Crippen molar-refractivity contribution in [2.45, 2.75) is 18.3 Å². The molecule has 0 radical (unpaired) electrons. The van der Waals surface area contributed by atoms with Crippen molar-refractivity contribution in [3.05, 3.63) is 53.9 Å². The van der Waals surface area contributed by atoms with Gasteiger partial charge in [0.2, 0.25) is 5.91 Å². The van der Waals surface area contributed by atoms with E-state index in [1.807, 2.05) is 42.5 Å². The van der Waals surface area contributed by atoms with E-state index in [2.05, 4.69) is 15.3 Å². The first kappa shape index (κ1) is 17.4. The molecule has 1 unspecified atom stereocenters. The highest BCUT2D eigenvalue weighted by molar-refractivity contribution is 8.15. The van der Waals surface area contributed by atoms with Crippen LogP contribution >= 0.6 is 11.8 Å². The molecule has 4 rings (SSSR count). The summed E-state index contributed by atoms with van der Waals surface area (Å²) in [4.78, 5) is 30.6. The third-order valence-electron chi connectivity index (χ3n) is 4.23. The van der Waals surface area contributed by atoms with Crippen LogP contribution in [0.25, 0.3) is 11.0 Å². The molecule has 7 nitrogen and oxygen atoms in total. The molecule has 0 aliphatic carbocycles. The largest absolute Gasteiger partial charge is 0.497 e. The molecular formula is C19H17N3O4S. The molecule has 0 saturated carbocycles. The highest BCUT2D eigenvalue weighted by Crippen LogP contribution is 2.24. The van der Waals surface area contributed by atoms with Crippen LogP contribution in [0.3, 0.4) is 0 Å². The number of fused-ring (bicyclic) bond motifs is 1. The minimum atomic E-state index is -0.364. The van der Waals surface area contributed by atoms with E-state index in [1.165, 1.54) is 0 Å². The summed E-state index contributed by atoms with van der Waals surface area (Å²) < 4.78 is 11.0. The number of aromatic nitrogens is 2. The molecule has 1 fully saturated rings. The predicted molar refractivity (Wildman–Crippen MR) is 102 cm³/mol. The van der Waals surface area contributed by atoms with Gasteiger partial charge in [-0.1, -0.05) is 23.9 Å². The Morgan fingerprint density at radius 3 is 2.59 bits per heavy atom. The third-order valence-corrected chi connectivity index (χ3v) is 5.21. The fraction of sp³-hybridized carbons (Fsp3) is 0.211. The van der Waals surface area contributed by atoms with Crippen LogP contribution in [0.5, 0.6) is 11.5 Å². The molecule has 3 aromatic rings. The smallest absolute Gasteiger partial charge is 0.286 e. The number of ether oxygens (including phenoxy) is 2. The van der Waals surface area contributed by atoms with E-state index >= 15 is 0 Å². The number of imidazole rings is 1. The molecule has 2 aromatic carbocycles. The zero-order valence-corrected chi connectivity index (χ0v) is 15.3. The Kier molecular flexibility index (Phi) is 4.72. The van der Waals surface area contributed by atoms with Gasteiger partial charge in [0.25, 0.3) is 5.24 Å². The first-order chi connectivity index (χ1) is 13.1. The number of thioether (sulfide) groups is 1. The third kappa shape index (κ3) is 3.90. The monoisotopic (exact) mass is 383 g/mol. The number of hydrogen-bond donors (Lipinski definition) is 2. The number of carbonyl (C=O) groups excluding carboxylic acids is 2. The number of nitrogens with zero attached hydrogens (tertiary/aromatic N) is 1. The molecule has 27 heavy (non-hydrogen) atoms. The quantitative estimate of drug-likeness (QED) is 0.680. The summed E-state index contributed by atoms with van der Waals surface area (Å²) in [5.41, 5.74) is 2.72. The van der Waals surface area contributed by atoms with Crippen LogP contribution in [-0.2, 0) is 17.8 Å². The second kappa shape index (κ2) is 7.32. The second-order valence-corrected chi connectivity index (χ2v) is 7.26. The normalized spacial score (nSPS) is 16.6. The molecule has 2 heterocycles. The number of benzene rings is 2. The predicted octanol–water partition coefficient (Wildman–Crippen LogP) is 3.04. The average Bonchev–Trinajstić information content (AvgIpc) is 3.22. The Balaban J connectivity index is 1.37. The molecular weight excluding hydrogens is 366 g/mol. The molecule has 1 aromatic heterocycles. The van der Waals surface area contributed by atoms with Crippen molar-refractivity contribution in [3.63, 3.8) is 0 Å². The van der Waals surface area contributed by atoms with Gasteiger partial charge < -0.3 is 14.5 Å². The summed E-state index contributed by atoms with van der Waals surface area (Å²) in [6.07, 6.45) is 0.508. The van der Waals surface area contributed by atoms with E-state index in [9.17, 15) is 9.59 Å². The molecule has 138 valence electrons. The van der Waals surface area contributed by atoms with Gasteiger partial charge in [0, 0.05) is 6.07 Å².